The molecule has 4 atom stereocenters. The Morgan fingerprint density at radius 1 is 1.16 bits per heavy atom. The highest BCUT2D eigenvalue weighted by atomic mass is 32.1. The van der Waals surface area contributed by atoms with Crippen LogP contribution in [0.4, 0.5) is 4.79 Å². The van der Waals surface area contributed by atoms with Crippen LogP contribution in [0.2, 0.25) is 0 Å². The van der Waals surface area contributed by atoms with Crippen molar-refractivity contribution in [3.05, 3.63) is 34.8 Å². The smallest absolute Gasteiger partial charge is 0.414 e. The van der Waals surface area contributed by atoms with Gasteiger partial charge in [-0.15, -0.1) is 11.3 Å². The molecule has 4 rings (SSSR count). The first-order valence-corrected chi connectivity index (χ1v) is 12.7. The second-order valence-corrected chi connectivity index (χ2v) is 11.8. The number of hydrogen-bond acceptors (Lipinski definition) is 5. The minimum absolute atomic E-state index is 0.274. The van der Waals surface area contributed by atoms with Gasteiger partial charge in [0.2, 0.25) is 0 Å². The van der Waals surface area contributed by atoms with Gasteiger partial charge in [-0.05, 0) is 79.0 Å². The molecule has 1 aromatic heterocycles. The minimum atomic E-state index is -0.515. The maximum atomic E-state index is 13.0. The largest absolute Gasteiger partial charge is 0.443 e. The summed E-state index contributed by atoms with van der Waals surface area (Å²) in [5.74, 6) is 0.930. The molecule has 5 nitrogen and oxygen atoms in total. The van der Waals surface area contributed by atoms with Gasteiger partial charge in [0.15, 0.2) is 0 Å². The maximum Gasteiger partial charge on any atom is 0.414 e. The zero-order valence-electron chi connectivity index (χ0n) is 20.5. The van der Waals surface area contributed by atoms with Gasteiger partial charge in [-0.2, -0.15) is 0 Å². The van der Waals surface area contributed by atoms with Gasteiger partial charge in [-0.25, -0.2) is 9.78 Å². The van der Waals surface area contributed by atoms with Crippen LogP contribution in [0.1, 0.15) is 77.3 Å². The zero-order valence-corrected chi connectivity index (χ0v) is 21.3. The number of nitrogens with zero attached hydrogens (tertiary/aromatic N) is 3. The molecule has 2 aliphatic heterocycles. The summed E-state index contributed by atoms with van der Waals surface area (Å²) in [6.07, 6.45) is 5.17. The van der Waals surface area contributed by atoms with Crippen molar-refractivity contribution in [2.75, 3.05) is 13.6 Å². The number of aromatic nitrogens is 1. The standard InChI is InChI=1S/C26H37N3O2S/c1-16-8-10-22(29(15-16)25(30)31-26(4,5)6)19-9-11-23-21(14-19)27-24(32-23)20-12-17(2)28(7)18(3)13-20/h9-11,14,16-18,20H,8,12-13,15H2,1-7H3/t16-,17-,18+,20?/m0/s1. The van der Waals surface area contributed by atoms with Gasteiger partial charge in [0, 0.05) is 30.1 Å². The average molecular weight is 456 g/mol. The summed E-state index contributed by atoms with van der Waals surface area (Å²) in [6.45, 7) is 13.2. The number of allylic oxidation sites excluding steroid dienone is 1. The first-order chi connectivity index (χ1) is 15.0. The Labute approximate surface area is 196 Å². The molecule has 2 aromatic rings. The van der Waals surface area contributed by atoms with Crippen LogP contribution in [0.5, 0.6) is 0 Å². The molecule has 6 heteroatoms. The van der Waals surface area contributed by atoms with E-state index in [1.165, 1.54) is 9.71 Å². The monoisotopic (exact) mass is 455 g/mol. The molecule has 1 fully saturated rings. The average Bonchev–Trinajstić information content (AvgIpc) is 3.13. The molecule has 1 unspecified atom stereocenters. The number of carbonyl (C=O) groups excluding carboxylic acids is 1. The summed E-state index contributed by atoms with van der Waals surface area (Å²) in [7, 11) is 2.23. The molecular formula is C26H37N3O2S. The summed E-state index contributed by atoms with van der Waals surface area (Å²) in [4.78, 5) is 22.3. The van der Waals surface area contributed by atoms with Crippen LogP contribution in [0, 0.1) is 5.92 Å². The van der Waals surface area contributed by atoms with Crippen LogP contribution in [-0.4, -0.2) is 52.2 Å². The van der Waals surface area contributed by atoms with E-state index in [1.54, 1.807) is 4.90 Å². The molecule has 0 saturated carbocycles. The number of likely N-dealkylation sites (tertiary alicyclic amines) is 1. The molecule has 0 bridgehead atoms. The van der Waals surface area contributed by atoms with Gasteiger partial charge in [0.1, 0.15) is 5.60 Å². The van der Waals surface area contributed by atoms with Gasteiger partial charge in [0.05, 0.1) is 20.9 Å². The van der Waals surface area contributed by atoms with E-state index < -0.39 is 5.60 Å². The first-order valence-electron chi connectivity index (χ1n) is 11.9. The molecule has 3 heterocycles. The van der Waals surface area contributed by atoms with Crippen LogP contribution in [-0.2, 0) is 4.74 Å². The predicted molar refractivity (Wildman–Crippen MR) is 133 cm³/mol. The Morgan fingerprint density at radius 3 is 2.50 bits per heavy atom. The van der Waals surface area contributed by atoms with Crippen LogP contribution in [0.25, 0.3) is 15.9 Å². The van der Waals surface area contributed by atoms with Crippen molar-refractivity contribution in [3.63, 3.8) is 0 Å². The fraction of sp³-hybridized carbons (Fsp3) is 0.615. The Morgan fingerprint density at radius 2 is 1.84 bits per heavy atom. The van der Waals surface area contributed by atoms with Crippen LogP contribution in [0.15, 0.2) is 24.3 Å². The van der Waals surface area contributed by atoms with Crippen LogP contribution >= 0.6 is 11.3 Å². The van der Waals surface area contributed by atoms with Gasteiger partial charge in [-0.3, -0.25) is 4.90 Å². The molecule has 174 valence electrons. The highest BCUT2D eigenvalue weighted by Crippen LogP contribution is 2.39. The summed E-state index contributed by atoms with van der Waals surface area (Å²) < 4.78 is 6.92. The third-order valence-corrected chi connectivity index (χ3v) is 8.00. The van der Waals surface area contributed by atoms with Crippen molar-refractivity contribution in [2.24, 2.45) is 5.92 Å². The highest BCUT2D eigenvalue weighted by Gasteiger charge is 2.32. The number of benzene rings is 1. The lowest BCUT2D eigenvalue weighted by molar-refractivity contribution is 0.0327. The van der Waals surface area contributed by atoms with Crippen LogP contribution in [0.3, 0.4) is 0 Å². The second-order valence-electron chi connectivity index (χ2n) is 10.8. The number of thiazole rings is 1. The van der Waals surface area contributed by atoms with Crippen LogP contribution < -0.4 is 0 Å². The van der Waals surface area contributed by atoms with Gasteiger partial charge < -0.3 is 9.64 Å². The Bertz CT molecular complexity index is 1010. The van der Waals surface area contributed by atoms with Crippen molar-refractivity contribution in [2.45, 2.75) is 84.4 Å². The third kappa shape index (κ3) is 4.86. The molecule has 0 radical (unpaired) electrons. The van der Waals surface area contributed by atoms with E-state index >= 15 is 0 Å². The Kier molecular flexibility index (Phi) is 6.38. The number of carbonyl (C=O) groups is 1. The normalized spacial score (nSPS) is 27.5. The summed E-state index contributed by atoms with van der Waals surface area (Å²) in [5, 5.41) is 1.25. The predicted octanol–water partition coefficient (Wildman–Crippen LogP) is 6.50. The van der Waals surface area contributed by atoms with E-state index in [4.69, 9.17) is 9.72 Å². The molecule has 1 aromatic carbocycles. The molecule has 0 N–H and O–H groups in total. The number of hydrogen-bond donors (Lipinski definition) is 0. The summed E-state index contributed by atoms with van der Waals surface area (Å²) >= 11 is 1.83. The van der Waals surface area contributed by atoms with Gasteiger partial charge in [0.25, 0.3) is 0 Å². The molecule has 1 amide bonds. The lowest BCUT2D eigenvalue weighted by Gasteiger charge is -2.39. The Hall–Kier alpha value is -1.92. The van der Waals surface area contributed by atoms with Crippen molar-refractivity contribution < 1.29 is 9.53 Å². The molecule has 2 aliphatic rings. The number of fused-ring (bicyclic) bond motifs is 1. The van der Waals surface area contributed by atoms with Gasteiger partial charge >= 0.3 is 6.09 Å². The van der Waals surface area contributed by atoms with E-state index in [0.29, 0.717) is 30.5 Å². The molecule has 1 saturated heterocycles. The van der Waals surface area contributed by atoms with Gasteiger partial charge in [-0.1, -0.05) is 19.1 Å². The van der Waals surface area contributed by atoms with E-state index in [2.05, 4.69) is 57.0 Å². The van der Waals surface area contributed by atoms with Crippen molar-refractivity contribution in [3.8, 4) is 0 Å². The van der Waals surface area contributed by atoms with E-state index in [-0.39, 0.29) is 6.09 Å². The Balaban J connectivity index is 1.62. The molecular weight excluding hydrogens is 418 g/mol. The van der Waals surface area contributed by atoms with Crippen molar-refractivity contribution in [1.82, 2.24) is 14.8 Å². The molecule has 0 aliphatic carbocycles. The second kappa shape index (κ2) is 8.79. The first kappa shape index (κ1) is 23.2. The number of rotatable bonds is 2. The number of ether oxygens (including phenoxy) is 1. The van der Waals surface area contributed by atoms with E-state index in [0.717, 1.165) is 36.0 Å². The lowest BCUT2D eigenvalue weighted by atomic mass is 9.88. The van der Waals surface area contributed by atoms with E-state index in [9.17, 15) is 4.79 Å². The fourth-order valence-electron chi connectivity index (χ4n) is 4.84. The third-order valence-electron chi connectivity index (χ3n) is 6.80. The van der Waals surface area contributed by atoms with Crippen molar-refractivity contribution in [1.29, 1.82) is 0 Å². The molecule has 32 heavy (non-hydrogen) atoms. The van der Waals surface area contributed by atoms with Crippen molar-refractivity contribution >= 4 is 33.3 Å². The molecule has 0 spiro atoms. The SMILES string of the molecule is C[C@H]1CC=C(c2ccc3sc(C4C[C@@H](C)N(C)[C@@H](C)C4)nc3c2)N(C(=O)OC(C)(C)C)C1. The fourth-order valence-corrected chi connectivity index (χ4v) is 5.91. The lowest BCUT2D eigenvalue weighted by Crippen LogP contribution is -2.43. The summed E-state index contributed by atoms with van der Waals surface area (Å²) in [6, 6.07) is 7.59. The zero-order chi connectivity index (χ0) is 23.2. The quantitative estimate of drug-likeness (QED) is 0.518. The maximum absolute atomic E-state index is 13.0. The highest BCUT2D eigenvalue weighted by molar-refractivity contribution is 7.18. The van der Waals surface area contributed by atoms with E-state index in [1.807, 2.05) is 32.1 Å². The minimum Gasteiger partial charge on any atom is -0.443 e. The number of amides is 1. The number of piperidine rings is 1. The summed E-state index contributed by atoms with van der Waals surface area (Å²) in [5.41, 5.74) is 2.50. The topological polar surface area (TPSA) is 45.7 Å².